The van der Waals surface area contributed by atoms with Crippen molar-refractivity contribution in [1.29, 1.82) is 0 Å². The molecule has 0 atom stereocenters. The van der Waals surface area contributed by atoms with Crippen molar-refractivity contribution in [3.63, 3.8) is 0 Å². The standard InChI is InChI=1S/C64H44N6O.Pt/c1-3-18-44(19-4-1)55-39-48(69-57-27-10-7-24-51(57)52-25-8-11-28-58(52)69)40-56(45-20-5-2-6-21-45)64(55)68-43-67(60-30-13-14-31-61(60)68)47-22-17-23-49(38-47)71-50-32-33-54-53-26-9-12-29-59(53)70(62(54)42-50)63-41-46(34-35-65-63)66-36-15-16-37-66;/h1-14,17-35,39-41H,15-16,36-37H2;/q-2;/i1D,2D,3D,4D,5D,6D,18D,19D,20D,21D;. The fourth-order valence-electron chi connectivity index (χ4n) is 10.5. The quantitative estimate of drug-likeness (QED) is 0.135. The van der Waals surface area contributed by atoms with E-state index < -0.39 is 60.4 Å². The van der Waals surface area contributed by atoms with E-state index in [1.807, 2.05) is 135 Å². The second kappa shape index (κ2) is 17.4. The molecule has 1 fully saturated rings. The summed E-state index contributed by atoms with van der Waals surface area (Å²) >= 11 is 2.18. The van der Waals surface area contributed by atoms with Crippen molar-refractivity contribution < 1.29 is 37.8 Å². The van der Waals surface area contributed by atoms with Gasteiger partial charge in [0, 0.05) is 25.0 Å². The first-order valence-electron chi connectivity index (χ1n) is 28.7. The first kappa shape index (κ1) is 33.1. The van der Waals surface area contributed by atoms with Crippen LogP contribution >= 0.6 is 0 Å². The molecule has 0 spiro atoms. The number of pyridine rings is 1. The molecule has 14 rings (SSSR count). The van der Waals surface area contributed by atoms with Crippen LogP contribution < -0.4 is 9.64 Å². The zero-order chi connectivity index (χ0) is 56.4. The van der Waals surface area contributed by atoms with Gasteiger partial charge < -0.3 is 4.90 Å². The summed E-state index contributed by atoms with van der Waals surface area (Å²) in [5.74, 6) is 1.59. The Morgan fingerprint density at radius 1 is 0.486 bits per heavy atom. The molecule has 0 bridgehead atoms. The molecule has 0 amide bonds. The predicted molar refractivity (Wildman–Crippen MR) is 289 cm³/mol. The molecule has 0 N–H and O–H groups in total. The maximum absolute atomic E-state index is 9.55. The number of nitrogens with zero attached hydrogens (tertiary/aromatic N) is 6. The van der Waals surface area contributed by atoms with Crippen LogP contribution in [0.2, 0.25) is 0 Å². The molecule has 0 saturated carbocycles. The van der Waals surface area contributed by atoms with E-state index in [4.69, 9.17) is 17.9 Å². The van der Waals surface area contributed by atoms with Gasteiger partial charge >= 0.3 is 382 Å². The van der Waals surface area contributed by atoms with E-state index in [9.17, 15) is 5.48 Å². The average Bonchev–Trinajstić information content (AvgIpc) is 4.43. The van der Waals surface area contributed by atoms with Crippen molar-refractivity contribution in [3.05, 3.63) is 234 Å². The van der Waals surface area contributed by atoms with Gasteiger partial charge in [0.2, 0.25) is 0 Å². The number of hydrogen-bond donors (Lipinski definition) is 0. The van der Waals surface area contributed by atoms with E-state index in [0.29, 0.717) is 37.7 Å². The van der Waals surface area contributed by atoms with E-state index in [-0.39, 0.29) is 27.9 Å². The number of rotatable bonds is 9. The van der Waals surface area contributed by atoms with E-state index in [0.717, 1.165) is 81.0 Å². The summed E-state index contributed by atoms with van der Waals surface area (Å²) in [6.07, 6.45) is 4.16. The summed E-state index contributed by atoms with van der Waals surface area (Å²) in [7, 11) is 0. The van der Waals surface area contributed by atoms with Crippen molar-refractivity contribution >= 4 is 60.3 Å². The van der Waals surface area contributed by atoms with Crippen LogP contribution in [0.5, 0.6) is 11.5 Å². The monoisotopic (exact) mass is 1120 g/mol. The Hall–Kier alpha value is -8.51. The number of anilines is 1. The molecule has 72 heavy (non-hydrogen) atoms. The van der Waals surface area contributed by atoms with Gasteiger partial charge in [0.25, 0.3) is 0 Å². The molecule has 1 saturated heterocycles. The first-order valence-corrected chi connectivity index (χ1v) is 24.8. The van der Waals surface area contributed by atoms with Crippen LogP contribution in [0.4, 0.5) is 5.69 Å². The van der Waals surface area contributed by atoms with Crippen molar-refractivity contribution in [2.75, 3.05) is 18.0 Å². The summed E-state index contributed by atoms with van der Waals surface area (Å²) in [5.41, 5.74) is 6.89. The molecule has 13 aromatic rings. The zero-order valence-electron chi connectivity index (χ0n) is 48.2. The molecule has 0 unspecified atom stereocenters. The fraction of sp³-hybridized carbons (Fsp3) is 0.0625. The number of imidazole rings is 1. The third-order valence-electron chi connectivity index (χ3n) is 13.6. The van der Waals surface area contributed by atoms with E-state index in [1.54, 1.807) is 12.1 Å². The summed E-state index contributed by atoms with van der Waals surface area (Å²) < 4.78 is 107. The normalized spacial score (nSPS) is 14.8. The van der Waals surface area contributed by atoms with Crippen LogP contribution in [0, 0.1) is 15.9 Å². The molecule has 4 aromatic heterocycles. The zero-order valence-corrected chi connectivity index (χ0v) is 40.5. The van der Waals surface area contributed by atoms with Crippen molar-refractivity contribution in [3.8, 4) is 56.6 Å². The molecule has 9 aromatic carbocycles. The number of hydrogen-bond acceptors (Lipinski definition) is 3. The van der Waals surface area contributed by atoms with Gasteiger partial charge in [-0.2, -0.15) is 0 Å². The SMILES string of the molecule is [2H]c1c([2H])c([2H])c(-c2cc(-n3c4ccccc4c4ccccc43)cc(-c3c([2H])c([2H])c([2H])c([2H])c3[2H])c2-n2[c](=[Pt])n(-c3[c-]c(Oc4[c-]c5c(cc4)c4ccccc4n5-c4cc(N5CCCC5)ccn4)ccc3)c3ccccc32)c([2H])c1[2H]. The van der Waals surface area contributed by atoms with Crippen LogP contribution in [0.25, 0.3) is 99.8 Å². The number of benzene rings is 9. The minimum atomic E-state index is -0.582. The van der Waals surface area contributed by atoms with Gasteiger partial charge in [-0.05, 0) is 18.9 Å². The summed E-state index contributed by atoms with van der Waals surface area (Å²) in [4.78, 5) is 7.26. The van der Waals surface area contributed by atoms with Crippen molar-refractivity contribution in [1.82, 2.24) is 23.3 Å². The molecular formula is C64H44N6OPt-2. The molecule has 1 aliphatic heterocycles. The number of ether oxygens (including phenoxy) is 1. The van der Waals surface area contributed by atoms with Crippen LogP contribution in [-0.2, 0) is 19.4 Å². The third-order valence-corrected chi connectivity index (χ3v) is 14.6. The molecule has 0 aliphatic carbocycles. The Morgan fingerprint density at radius 3 is 1.68 bits per heavy atom. The molecule has 348 valence electrons. The fourth-order valence-corrected chi connectivity index (χ4v) is 11.6. The predicted octanol–water partition coefficient (Wildman–Crippen LogP) is 15.4. The Bertz CT molecular complexity index is 4720. The Kier molecular flexibility index (Phi) is 8.01. The second-order valence-corrected chi connectivity index (χ2v) is 18.7. The van der Waals surface area contributed by atoms with Gasteiger partial charge in [-0.25, -0.2) is 0 Å². The number of para-hydroxylation sites is 5. The van der Waals surface area contributed by atoms with Crippen molar-refractivity contribution in [2.24, 2.45) is 0 Å². The first-order chi connectivity index (χ1) is 39.8. The topological polar surface area (TPSA) is 45.1 Å². The van der Waals surface area contributed by atoms with Gasteiger partial charge in [0.1, 0.15) is 0 Å². The van der Waals surface area contributed by atoms with Crippen LogP contribution in [0.3, 0.4) is 0 Å². The molecule has 0 radical (unpaired) electrons. The Morgan fingerprint density at radius 2 is 1.04 bits per heavy atom. The van der Waals surface area contributed by atoms with Crippen molar-refractivity contribution in [2.45, 2.75) is 12.8 Å². The average molecular weight is 1120 g/mol. The van der Waals surface area contributed by atoms with E-state index in [2.05, 4.69) is 65.2 Å². The number of aromatic nitrogens is 5. The molecular weight excluding hydrogens is 1060 g/mol. The minimum absolute atomic E-state index is 0.145. The molecule has 7 nitrogen and oxygen atoms in total. The van der Waals surface area contributed by atoms with Gasteiger partial charge in [-0.15, -0.1) is 0 Å². The summed E-state index contributed by atoms with van der Waals surface area (Å²) in [6, 6.07) is 50.3. The van der Waals surface area contributed by atoms with Crippen LogP contribution in [0.15, 0.2) is 218 Å². The van der Waals surface area contributed by atoms with Gasteiger partial charge in [-0.3, -0.25) is 0 Å². The molecule has 1 aliphatic rings. The molecule has 8 heteroatoms. The van der Waals surface area contributed by atoms with Gasteiger partial charge in [0.05, 0.1) is 0 Å². The summed E-state index contributed by atoms with van der Waals surface area (Å²) in [6.45, 7) is 2.00. The van der Waals surface area contributed by atoms with E-state index >= 15 is 0 Å². The van der Waals surface area contributed by atoms with Crippen LogP contribution in [-0.4, -0.2) is 36.3 Å². The second-order valence-electron chi connectivity index (χ2n) is 17.7. The Balaban J connectivity index is 1.00. The maximum atomic E-state index is 9.55. The number of fused-ring (bicyclic) bond motifs is 7. The Labute approximate surface area is 441 Å². The summed E-state index contributed by atoms with van der Waals surface area (Å²) in [5, 5.41) is 3.88. The van der Waals surface area contributed by atoms with Gasteiger partial charge in [0.15, 0.2) is 0 Å². The molecule has 5 heterocycles. The van der Waals surface area contributed by atoms with Crippen LogP contribution in [0.1, 0.15) is 26.5 Å². The van der Waals surface area contributed by atoms with E-state index in [1.165, 1.54) is 0 Å². The van der Waals surface area contributed by atoms with Gasteiger partial charge in [-0.1, -0.05) is 12.1 Å². The third kappa shape index (κ3) is 6.98.